The van der Waals surface area contributed by atoms with E-state index >= 15 is 0 Å². The van der Waals surface area contributed by atoms with Crippen molar-refractivity contribution in [3.8, 4) is 0 Å². The number of H-pyrrole nitrogens is 1. The number of piperidine rings is 1. The minimum atomic E-state index is -0.409. The van der Waals surface area contributed by atoms with Crippen LogP contribution in [0.4, 0.5) is 5.95 Å². The highest BCUT2D eigenvalue weighted by Crippen LogP contribution is 2.20. The molecule has 2 amide bonds. The zero-order chi connectivity index (χ0) is 16.1. The molecule has 0 radical (unpaired) electrons. The Bertz CT molecular complexity index is 526. The van der Waals surface area contributed by atoms with E-state index in [1.54, 1.807) is 4.90 Å². The summed E-state index contributed by atoms with van der Waals surface area (Å²) in [5.74, 6) is 1.09. The fraction of sp³-hybridized carbons (Fsp3) is 0.733. The van der Waals surface area contributed by atoms with E-state index in [1.807, 2.05) is 20.8 Å². The van der Waals surface area contributed by atoms with Gasteiger partial charge in [0.15, 0.2) is 0 Å². The van der Waals surface area contributed by atoms with Crippen molar-refractivity contribution in [2.75, 3.05) is 11.9 Å². The first kappa shape index (κ1) is 16.5. The van der Waals surface area contributed by atoms with Gasteiger partial charge >= 0.3 is 0 Å². The van der Waals surface area contributed by atoms with Crippen molar-refractivity contribution in [1.29, 1.82) is 0 Å². The van der Waals surface area contributed by atoms with Crippen LogP contribution in [-0.4, -0.2) is 44.5 Å². The van der Waals surface area contributed by atoms with Gasteiger partial charge in [-0.3, -0.25) is 20.0 Å². The van der Waals surface area contributed by atoms with Crippen molar-refractivity contribution in [3.05, 3.63) is 5.82 Å². The largest absolute Gasteiger partial charge is 0.331 e. The zero-order valence-electron chi connectivity index (χ0n) is 13.6. The summed E-state index contributed by atoms with van der Waals surface area (Å²) >= 11 is 0. The fourth-order valence-corrected chi connectivity index (χ4v) is 2.64. The SMILES string of the molecule is CCCC(=O)N1CCCC[C@H]1C(=O)Nc1n[nH]c(C(C)C)n1. The number of nitrogens with one attached hydrogen (secondary N) is 2. The Morgan fingerprint density at radius 2 is 2.18 bits per heavy atom. The van der Waals surface area contributed by atoms with Gasteiger partial charge < -0.3 is 4.90 Å². The van der Waals surface area contributed by atoms with Crippen molar-refractivity contribution in [3.63, 3.8) is 0 Å². The average Bonchev–Trinajstić information content (AvgIpc) is 2.96. The van der Waals surface area contributed by atoms with E-state index in [1.165, 1.54) is 0 Å². The molecule has 1 aromatic heterocycles. The molecule has 1 aliphatic heterocycles. The normalized spacial score (nSPS) is 18.5. The monoisotopic (exact) mass is 307 g/mol. The lowest BCUT2D eigenvalue weighted by atomic mass is 10.0. The molecule has 2 N–H and O–H groups in total. The first-order valence-electron chi connectivity index (χ1n) is 8.05. The van der Waals surface area contributed by atoms with Crippen LogP contribution in [0.25, 0.3) is 0 Å². The van der Waals surface area contributed by atoms with Gasteiger partial charge in [0.05, 0.1) is 0 Å². The molecule has 22 heavy (non-hydrogen) atoms. The maximum absolute atomic E-state index is 12.5. The first-order chi connectivity index (χ1) is 10.5. The van der Waals surface area contributed by atoms with Gasteiger partial charge in [0.2, 0.25) is 17.8 Å². The number of aromatic nitrogens is 3. The Hall–Kier alpha value is -1.92. The maximum atomic E-state index is 12.5. The highest BCUT2D eigenvalue weighted by Gasteiger charge is 2.32. The molecule has 122 valence electrons. The van der Waals surface area contributed by atoms with E-state index < -0.39 is 6.04 Å². The molecule has 0 unspecified atom stereocenters. The number of aromatic amines is 1. The third-order valence-electron chi connectivity index (χ3n) is 3.87. The molecule has 1 aromatic rings. The molecule has 0 bridgehead atoms. The predicted octanol–water partition coefficient (Wildman–Crippen LogP) is 2.05. The van der Waals surface area contributed by atoms with Crippen LogP contribution in [0.5, 0.6) is 0 Å². The van der Waals surface area contributed by atoms with Crippen LogP contribution in [0.3, 0.4) is 0 Å². The molecule has 1 aliphatic rings. The third kappa shape index (κ3) is 3.84. The number of amides is 2. The summed E-state index contributed by atoms with van der Waals surface area (Å²) in [4.78, 5) is 30.6. The number of carbonyl (C=O) groups is 2. The molecule has 0 aliphatic carbocycles. The van der Waals surface area contributed by atoms with E-state index in [4.69, 9.17) is 0 Å². The number of anilines is 1. The third-order valence-corrected chi connectivity index (χ3v) is 3.87. The van der Waals surface area contributed by atoms with Gasteiger partial charge in [-0.1, -0.05) is 20.8 Å². The first-order valence-corrected chi connectivity index (χ1v) is 8.05. The zero-order valence-corrected chi connectivity index (χ0v) is 13.6. The topological polar surface area (TPSA) is 91.0 Å². The second kappa shape index (κ2) is 7.38. The Morgan fingerprint density at radius 3 is 2.82 bits per heavy atom. The van der Waals surface area contributed by atoms with Crippen molar-refractivity contribution >= 4 is 17.8 Å². The van der Waals surface area contributed by atoms with Gasteiger partial charge in [-0.15, -0.1) is 5.10 Å². The molecule has 1 atom stereocenters. The van der Waals surface area contributed by atoms with Crippen LogP contribution in [0.2, 0.25) is 0 Å². The van der Waals surface area contributed by atoms with Crippen LogP contribution in [0.1, 0.15) is 64.6 Å². The van der Waals surface area contributed by atoms with E-state index in [0.717, 1.165) is 25.1 Å². The van der Waals surface area contributed by atoms with Gasteiger partial charge in [0, 0.05) is 18.9 Å². The minimum absolute atomic E-state index is 0.0557. The van der Waals surface area contributed by atoms with E-state index in [9.17, 15) is 9.59 Å². The van der Waals surface area contributed by atoms with Crippen LogP contribution in [0.15, 0.2) is 0 Å². The van der Waals surface area contributed by atoms with Crippen LogP contribution in [-0.2, 0) is 9.59 Å². The molecule has 0 aromatic carbocycles. The summed E-state index contributed by atoms with van der Waals surface area (Å²) in [6, 6.07) is -0.409. The van der Waals surface area contributed by atoms with Crippen molar-refractivity contribution in [1.82, 2.24) is 20.1 Å². The van der Waals surface area contributed by atoms with E-state index in [0.29, 0.717) is 19.4 Å². The smallest absolute Gasteiger partial charge is 0.249 e. The second-order valence-corrected chi connectivity index (χ2v) is 6.04. The summed E-state index contributed by atoms with van der Waals surface area (Å²) in [5.41, 5.74) is 0. The highest BCUT2D eigenvalue weighted by molar-refractivity contribution is 5.96. The van der Waals surface area contributed by atoms with Gasteiger partial charge in [-0.25, -0.2) is 0 Å². The Kier molecular flexibility index (Phi) is 5.51. The summed E-state index contributed by atoms with van der Waals surface area (Å²) in [6.07, 6.45) is 3.89. The van der Waals surface area contributed by atoms with Crippen molar-refractivity contribution in [2.24, 2.45) is 0 Å². The highest BCUT2D eigenvalue weighted by atomic mass is 16.2. The molecule has 7 heteroatoms. The molecule has 0 saturated carbocycles. The molecule has 7 nitrogen and oxygen atoms in total. The summed E-state index contributed by atoms with van der Waals surface area (Å²) in [7, 11) is 0. The van der Waals surface area contributed by atoms with Crippen LogP contribution < -0.4 is 5.32 Å². The molecule has 0 spiro atoms. The number of likely N-dealkylation sites (tertiary alicyclic amines) is 1. The molecule has 1 fully saturated rings. The van der Waals surface area contributed by atoms with E-state index in [2.05, 4.69) is 20.5 Å². The van der Waals surface area contributed by atoms with Gasteiger partial charge in [0.1, 0.15) is 11.9 Å². The predicted molar refractivity (Wildman–Crippen MR) is 83.4 cm³/mol. The second-order valence-electron chi connectivity index (χ2n) is 6.04. The van der Waals surface area contributed by atoms with Crippen LogP contribution in [0, 0.1) is 0 Å². The van der Waals surface area contributed by atoms with Gasteiger partial charge in [0.25, 0.3) is 0 Å². The number of hydrogen-bond donors (Lipinski definition) is 2. The molecular formula is C15H25N5O2. The maximum Gasteiger partial charge on any atom is 0.249 e. The summed E-state index contributed by atoms with van der Waals surface area (Å²) in [5, 5.41) is 9.55. The minimum Gasteiger partial charge on any atom is -0.331 e. The number of carbonyl (C=O) groups excluding carboxylic acids is 2. The Labute approximate surface area is 130 Å². The van der Waals surface area contributed by atoms with Crippen molar-refractivity contribution in [2.45, 2.75) is 64.8 Å². The summed E-state index contributed by atoms with van der Waals surface area (Å²) in [6.45, 7) is 6.62. The summed E-state index contributed by atoms with van der Waals surface area (Å²) < 4.78 is 0. The van der Waals surface area contributed by atoms with Gasteiger partial charge in [-0.05, 0) is 25.7 Å². The quantitative estimate of drug-likeness (QED) is 0.871. The lowest BCUT2D eigenvalue weighted by Gasteiger charge is -2.34. The van der Waals surface area contributed by atoms with E-state index in [-0.39, 0.29) is 23.7 Å². The Balaban J connectivity index is 2.03. The lowest BCUT2D eigenvalue weighted by molar-refractivity contribution is -0.140. The molecule has 2 heterocycles. The molecule has 2 rings (SSSR count). The standard InChI is InChI=1S/C15H25N5O2/c1-4-7-12(21)20-9-6-5-8-11(20)14(22)17-15-16-13(10(2)3)18-19-15/h10-11H,4-9H2,1-3H3,(H2,16,17,18,19,22)/t11-/m0/s1. The van der Waals surface area contributed by atoms with Gasteiger partial charge in [-0.2, -0.15) is 4.98 Å². The molecule has 1 saturated heterocycles. The lowest BCUT2D eigenvalue weighted by Crippen LogP contribution is -2.50. The molecular weight excluding hydrogens is 282 g/mol. The fourth-order valence-electron chi connectivity index (χ4n) is 2.64. The average molecular weight is 307 g/mol. The van der Waals surface area contributed by atoms with Crippen molar-refractivity contribution < 1.29 is 9.59 Å². The Morgan fingerprint density at radius 1 is 1.41 bits per heavy atom. The number of nitrogens with zero attached hydrogens (tertiary/aromatic N) is 3. The number of rotatable bonds is 5. The van der Waals surface area contributed by atoms with Crippen LogP contribution >= 0.6 is 0 Å². The number of hydrogen-bond acceptors (Lipinski definition) is 4.